The molecule has 1 N–H and O–H groups in total. The van der Waals surface area contributed by atoms with E-state index in [1.165, 1.54) is 23.1 Å². The summed E-state index contributed by atoms with van der Waals surface area (Å²) in [7, 11) is -3.87. The quantitative estimate of drug-likeness (QED) is 0.589. The number of amides is 2. The van der Waals surface area contributed by atoms with Crippen molar-refractivity contribution in [2.75, 3.05) is 23.7 Å². The normalized spacial score (nSPS) is 12.2. The number of hydrogen-bond acceptors (Lipinski definition) is 4. The van der Waals surface area contributed by atoms with Crippen LogP contribution < -0.4 is 9.62 Å². The van der Waals surface area contributed by atoms with Gasteiger partial charge < -0.3 is 10.2 Å². The average Bonchev–Trinajstić information content (AvgIpc) is 2.71. The molecule has 2 aromatic carbocycles. The minimum Gasteiger partial charge on any atom is -0.355 e. The molecular formula is C21H25Cl2N3O4S. The summed E-state index contributed by atoms with van der Waals surface area (Å²) in [4.78, 5) is 27.1. The molecule has 7 nitrogen and oxygen atoms in total. The van der Waals surface area contributed by atoms with Crippen LogP contribution in [0.15, 0.2) is 48.5 Å². The molecule has 0 unspecified atom stereocenters. The van der Waals surface area contributed by atoms with Gasteiger partial charge in [0.2, 0.25) is 21.8 Å². The highest BCUT2D eigenvalue weighted by Crippen LogP contribution is 2.30. The van der Waals surface area contributed by atoms with E-state index in [4.69, 9.17) is 23.2 Å². The summed E-state index contributed by atoms with van der Waals surface area (Å²) < 4.78 is 25.9. The van der Waals surface area contributed by atoms with Crippen LogP contribution in [0.1, 0.15) is 19.4 Å². The molecule has 0 bridgehead atoms. The number of sulfonamides is 1. The second-order valence-corrected chi connectivity index (χ2v) is 9.69. The van der Waals surface area contributed by atoms with E-state index in [-0.39, 0.29) is 28.2 Å². The van der Waals surface area contributed by atoms with E-state index in [1.807, 2.05) is 30.3 Å². The molecule has 0 radical (unpaired) electrons. The number of halogens is 2. The first-order chi connectivity index (χ1) is 14.5. The fourth-order valence-electron chi connectivity index (χ4n) is 2.96. The van der Waals surface area contributed by atoms with Gasteiger partial charge in [0, 0.05) is 18.1 Å². The number of likely N-dealkylation sites (N-methyl/N-ethyl adjacent to an activating group) is 1. The van der Waals surface area contributed by atoms with E-state index in [9.17, 15) is 18.0 Å². The third-order valence-corrected chi connectivity index (χ3v) is 6.25. The largest absolute Gasteiger partial charge is 0.355 e. The van der Waals surface area contributed by atoms with E-state index in [2.05, 4.69) is 5.32 Å². The molecule has 0 heterocycles. The van der Waals surface area contributed by atoms with Crippen molar-refractivity contribution < 1.29 is 18.0 Å². The Morgan fingerprint density at radius 2 is 1.74 bits per heavy atom. The van der Waals surface area contributed by atoms with Gasteiger partial charge in [0.15, 0.2) is 0 Å². The van der Waals surface area contributed by atoms with Gasteiger partial charge in [-0.2, -0.15) is 0 Å². The Hall–Kier alpha value is -2.29. The molecular weight excluding hydrogens is 461 g/mol. The van der Waals surface area contributed by atoms with Crippen molar-refractivity contribution in [3.63, 3.8) is 0 Å². The van der Waals surface area contributed by atoms with Crippen LogP contribution in [-0.4, -0.2) is 50.5 Å². The molecule has 0 saturated heterocycles. The van der Waals surface area contributed by atoms with E-state index in [0.29, 0.717) is 6.54 Å². The Labute approximate surface area is 193 Å². The van der Waals surface area contributed by atoms with Crippen LogP contribution in [0.4, 0.5) is 5.69 Å². The van der Waals surface area contributed by atoms with Gasteiger partial charge in [0.25, 0.3) is 0 Å². The van der Waals surface area contributed by atoms with Crippen LogP contribution in [0, 0.1) is 0 Å². The summed E-state index contributed by atoms with van der Waals surface area (Å²) in [6, 6.07) is 12.7. The third kappa shape index (κ3) is 6.85. The molecule has 0 fully saturated rings. The first-order valence-electron chi connectivity index (χ1n) is 9.58. The summed E-state index contributed by atoms with van der Waals surface area (Å²) in [5, 5.41) is 3.10. The number of anilines is 1. The van der Waals surface area contributed by atoms with Crippen molar-refractivity contribution in [3.8, 4) is 0 Å². The summed E-state index contributed by atoms with van der Waals surface area (Å²) in [6.07, 6.45) is 0.978. The number of nitrogens with zero attached hydrogens (tertiary/aromatic N) is 2. The van der Waals surface area contributed by atoms with Gasteiger partial charge in [-0.25, -0.2) is 8.42 Å². The van der Waals surface area contributed by atoms with Crippen LogP contribution in [0.3, 0.4) is 0 Å². The SMILES string of the molecule is CCNC(=O)[C@@H](C)N(Cc1ccccc1)C(=O)CN(c1cc(Cl)ccc1Cl)S(C)(=O)=O. The monoisotopic (exact) mass is 485 g/mol. The van der Waals surface area contributed by atoms with Gasteiger partial charge in [-0.1, -0.05) is 53.5 Å². The van der Waals surface area contributed by atoms with Gasteiger partial charge in [0.05, 0.1) is 17.0 Å². The molecule has 2 rings (SSSR count). The highest BCUT2D eigenvalue weighted by atomic mass is 35.5. The number of carbonyl (C=O) groups excluding carboxylic acids is 2. The first kappa shape index (κ1) is 25.0. The highest BCUT2D eigenvalue weighted by Gasteiger charge is 2.30. The fourth-order valence-corrected chi connectivity index (χ4v) is 4.25. The predicted molar refractivity (Wildman–Crippen MR) is 124 cm³/mol. The van der Waals surface area contributed by atoms with Crippen LogP contribution in [0.5, 0.6) is 0 Å². The summed E-state index contributed by atoms with van der Waals surface area (Å²) in [5.41, 5.74) is 0.897. The topological polar surface area (TPSA) is 86.8 Å². The molecule has 31 heavy (non-hydrogen) atoms. The number of hydrogen-bond donors (Lipinski definition) is 1. The first-order valence-corrected chi connectivity index (χ1v) is 12.2. The minimum absolute atomic E-state index is 0.0929. The van der Waals surface area contributed by atoms with Crippen molar-refractivity contribution in [2.45, 2.75) is 26.4 Å². The van der Waals surface area contributed by atoms with Crippen molar-refractivity contribution >= 4 is 50.7 Å². The maximum atomic E-state index is 13.3. The van der Waals surface area contributed by atoms with Crippen LogP contribution in [0.2, 0.25) is 10.0 Å². The number of carbonyl (C=O) groups is 2. The second kappa shape index (κ2) is 10.8. The lowest BCUT2D eigenvalue weighted by atomic mass is 10.1. The Morgan fingerprint density at radius 1 is 1.10 bits per heavy atom. The van der Waals surface area contributed by atoms with Crippen LogP contribution >= 0.6 is 23.2 Å². The molecule has 1 atom stereocenters. The molecule has 0 spiro atoms. The van der Waals surface area contributed by atoms with Crippen molar-refractivity contribution in [2.24, 2.45) is 0 Å². The van der Waals surface area contributed by atoms with Gasteiger partial charge >= 0.3 is 0 Å². The number of benzene rings is 2. The van der Waals surface area contributed by atoms with Gasteiger partial charge in [-0.3, -0.25) is 13.9 Å². The molecule has 2 aromatic rings. The molecule has 168 valence electrons. The Bertz CT molecular complexity index is 1030. The highest BCUT2D eigenvalue weighted by molar-refractivity contribution is 7.92. The van der Waals surface area contributed by atoms with Crippen LogP contribution in [-0.2, 0) is 26.2 Å². The minimum atomic E-state index is -3.87. The maximum Gasteiger partial charge on any atom is 0.244 e. The summed E-state index contributed by atoms with van der Waals surface area (Å²) in [6.45, 7) is 3.39. The molecule has 0 aliphatic heterocycles. The van der Waals surface area contributed by atoms with Gasteiger partial charge in [-0.15, -0.1) is 0 Å². The van der Waals surface area contributed by atoms with E-state index in [0.717, 1.165) is 16.1 Å². The van der Waals surface area contributed by atoms with Crippen molar-refractivity contribution in [1.82, 2.24) is 10.2 Å². The maximum absolute atomic E-state index is 13.3. The zero-order valence-electron chi connectivity index (χ0n) is 17.5. The number of nitrogens with one attached hydrogen (secondary N) is 1. The second-order valence-electron chi connectivity index (χ2n) is 6.94. The molecule has 10 heteroatoms. The lowest BCUT2D eigenvalue weighted by molar-refractivity contribution is -0.139. The molecule has 0 aliphatic rings. The number of rotatable bonds is 9. The summed E-state index contributed by atoms with van der Waals surface area (Å²) in [5.74, 6) is -0.887. The van der Waals surface area contributed by atoms with Crippen molar-refractivity contribution in [1.29, 1.82) is 0 Å². The lowest BCUT2D eigenvalue weighted by Gasteiger charge is -2.31. The summed E-state index contributed by atoms with van der Waals surface area (Å²) >= 11 is 12.2. The smallest absolute Gasteiger partial charge is 0.244 e. The van der Waals surface area contributed by atoms with Crippen LogP contribution in [0.25, 0.3) is 0 Å². The van der Waals surface area contributed by atoms with Crippen molar-refractivity contribution in [3.05, 3.63) is 64.1 Å². The van der Waals surface area contributed by atoms with E-state index >= 15 is 0 Å². The molecule has 0 aliphatic carbocycles. The molecule has 0 aromatic heterocycles. The molecule has 2 amide bonds. The Morgan fingerprint density at radius 3 is 2.32 bits per heavy atom. The van der Waals surface area contributed by atoms with E-state index in [1.54, 1.807) is 13.8 Å². The lowest BCUT2D eigenvalue weighted by Crippen LogP contribution is -2.51. The third-order valence-electron chi connectivity index (χ3n) is 4.57. The predicted octanol–water partition coefficient (Wildman–Crippen LogP) is 3.31. The Balaban J connectivity index is 2.41. The average molecular weight is 486 g/mol. The van der Waals surface area contributed by atoms with Gasteiger partial charge in [-0.05, 0) is 37.6 Å². The Kier molecular flexibility index (Phi) is 8.73. The molecule has 0 saturated carbocycles. The van der Waals surface area contributed by atoms with E-state index < -0.39 is 28.5 Å². The standard InChI is InChI=1S/C21H25Cl2N3O4S/c1-4-24-21(28)15(2)25(13-16-8-6-5-7-9-16)20(27)14-26(31(3,29)30)19-12-17(22)10-11-18(19)23/h5-12,15H,4,13-14H2,1-3H3,(H,24,28)/t15-/m1/s1. The zero-order valence-corrected chi connectivity index (χ0v) is 19.8. The zero-order chi connectivity index (χ0) is 23.2. The van der Waals surface area contributed by atoms with Gasteiger partial charge in [0.1, 0.15) is 12.6 Å². The fraction of sp³-hybridized carbons (Fsp3) is 0.333.